The molecule has 0 bridgehead atoms. The molecule has 5 aromatic rings. The van der Waals surface area contributed by atoms with E-state index >= 15 is 0 Å². The van der Waals surface area contributed by atoms with Crippen molar-refractivity contribution in [1.82, 2.24) is 9.78 Å². The predicted molar refractivity (Wildman–Crippen MR) is 166 cm³/mol. The summed E-state index contributed by atoms with van der Waals surface area (Å²) >= 11 is 0. The van der Waals surface area contributed by atoms with Crippen LogP contribution in [0.15, 0.2) is 114 Å². The predicted octanol–water partition coefficient (Wildman–Crippen LogP) is 7.98. The third-order valence-corrected chi connectivity index (χ3v) is 7.85. The molecule has 4 aromatic carbocycles. The van der Waals surface area contributed by atoms with Gasteiger partial charge in [-0.3, -0.25) is 4.90 Å². The maximum absolute atomic E-state index is 6.01. The van der Waals surface area contributed by atoms with E-state index in [4.69, 9.17) is 14.8 Å². The highest BCUT2D eigenvalue weighted by atomic mass is 16.5. The molecule has 7 rings (SSSR count). The van der Waals surface area contributed by atoms with Crippen LogP contribution in [0.1, 0.15) is 48.2 Å². The van der Waals surface area contributed by atoms with E-state index in [1.165, 1.54) is 11.1 Å². The highest BCUT2D eigenvalue weighted by Gasteiger charge is 2.44. The molecule has 0 radical (unpaired) electrons. The van der Waals surface area contributed by atoms with Crippen LogP contribution >= 0.6 is 0 Å². The Bertz CT molecular complexity index is 1690. The van der Waals surface area contributed by atoms with Crippen molar-refractivity contribution < 1.29 is 4.74 Å². The number of rotatable bonds is 8. The molecule has 1 aromatic heterocycles. The monoisotopic (exact) mass is 539 g/mol. The Morgan fingerprint density at radius 3 is 2.20 bits per heavy atom. The van der Waals surface area contributed by atoms with Crippen molar-refractivity contribution in [2.24, 2.45) is 4.99 Å². The minimum Gasteiger partial charge on any atom is -0.494 e. The van der Waals surface area contributed by atoms with Gasteiger partial charge in [-0.25, -0.2) is 4.68 Å². The van der Waals surface area contributed by atoms with Crippen molar-refractivity contribution in [3.8, 4) is 11.4 Å². The number of nitrogens with zero attached hydrogens (tertiary/aromatic N) is 5. The Kier molecular flexibility index (Phi) is 6.51. The highest BCUT2D eigenvalue weighted by Crippen LogP contribution is 2.51. The molecule has 0 amide bonds. The summed E-state index contributed by atoms with van der Waals surface area (Å²) in [6.45, 7) is 5.73. The van der Waals surface area contributed by atoms with Gasteiger partial charge in [-0.1, -0.05) is 86.1 Å². The SMILES string of the molecule is CCCCOc1ccc([C@@H]2c3c(C)nn(-c4ccccc4)c3N=C3N(Cc4ccccc4)c4ccccc4N32)cc1. The van der Waals surface area contributed by atoms with Crippen LogP contribution in [-0.4, -0.2) is 22.3 Å². The van der Waals surface area contributed by atoms with E-state index in [-0.39, 0.29) is 6.04 Å². The molecule has 6 heteroatoms. The fourth-order valence-corrected chi connectivity index (χ4v) is 5.86. The molecule has 41 heavy (non-hydrogen) atoms. The fraction of sp³-hybridized carbons (Fsp3) is 0.200. The first-order valence-corrected chi connectivity index (χ1v) is 14.4. The minimum atomic E-state index is -0.0958. The molecule has 0 aliphatic carbocycles. The third kappa shape index (κ3) is 4.45. The number of hydrogen-bond acceptors (Lipinski definition) is 5. The lowest BCUT2D eigenvalue weighted by molar-refractivity contribution is 0.309. The van der Waals surface area contributed by atoms with Gasteiger partial charge in [-0.15, -0.1) is 0 Å². The van der Waals surface area contributed by atoms with Crippen molar-refractivity contribution >= 4 is 23.2 Å². The number of aliphatic imine (C=N–C) groups is 1. The van der Waals surface area contributed by atoms with Gasteiger partial charge in [0, 0.05) is 5.56 Å². The molecule has 3 heterocycles. The molecule has 2 aliphatic heterocycles. The zero-order chi connectivity index (χ0) is 27.8. The average Bonchev–Trinajstić information content (AvgIpc) is 3.52. The van der Waals surface area contributed by atoms with Gasteiger partial charge in [-0.05, 0) is 60.9 Å². The number of anilines is 2. The van der Waals surface area contributed by atoms with Gasteiger partial charge < -0.3 is 9.64 Å². The fourth-order valence-electron chi connectivity index (χ4n) is 5.86. The van der Waals surface area contributed by atoms with E-state index < -0.39 is 0 Å². The molecule has 0 saturated carbocycles. The number of guanidine groups is 1. The molecular formula is C35H33N5O. The van der Waals surface area contributed by atoms with Crippen molar-refractivity contribution in [1.29, 1.82) is 0 Å². The topological polar surface area (TPSA) is 45.9 Å². The smallest absolute Gasteiger partial charge is 0.213 e. The maximum atomic E-state index is 6.01. The number of unbranched alkanes of at least 4 members (excludes halogenated alkanes) is 1. The zero-order valence-corrected chi connectivity index (χ0v) is 23.4. The summed E-state index contributed by atoms with van der Waals surface area (Å²) in [5.74, 6) is 2.68. The molecule has 2 aliphatic rings. The van der Waals surface area contributed by atoms with E-state index in [2.05, 4.69) is 115 Å². The summed E-state index contributed by atoms with van der Waals surface area (Å²) in [4.78, 5) is 10.1. The molecule has 0 unspecified atom stereocenters. The van der Waals surface area contributed by atoms with Gasteiger partial charge in [0.1, 0.15) is 5.75 Å². The zero-order valence-electron chi connectivity index (χ0n) is 23.4. The molecule has 204 valence electrons. The first-order chi connectivity index (χ1) is 20.2. The summed E-state index contributed by atoms with van der Waals surface area (Å²) in [5, 5.41) is 5.04. The van der Waals surface area contributed by atoms with Crippen molar-refractivity contribution in [3.63, 3.8) is 0 Å². The lowest BCUT2D eigenvalue weighted by Gasteiger charge is -2.35. The van der Waals surface area contributed by atoms with E-state index in [9.17, 15) is 0 Å². The van der Waals surface area contributed by atoms with Crippen LogP contribution in [0.5, 0.6) is 5.75 Å². The highest BCUT2D eigenvalue weighted by molar-refractivity contribution is 6.18. The van der Waals surface area contributed by atoms with Crippen LogP contribution in [0.2, 0.25) is 0 Å². The number of aryl methyl sites for hydroxylation is 1. The second kappa shape index (κ2) is 10.6. The lowest BCUT2D eigenvalue weighted by atomic mass is 9.95. The van der Waals surface area contributed by atoms with Crippen LogP contribution in [-0.2, 0) is 6.54 Å². The van der Waals surface area contributed by atoms with E-state index in [0.29, 0.717) is 0 Å². The molecule has 0 N–H and O–H groups in total. The summed E-state index contributed by atoms with van der Waals surface area (Å²) in [6, 6.07) is 38.0. The third-order valence-electron chi connectivity index (χ3n) is 7.85. The summed E-state index contributed by atoms with van der Waals surface area (Å²) in [5.41, 5.74) is 7.80. The Morgan fingerprint density at radius 2 is 1.46 bits per heavy atom. The summed E-state index contributed by atoms with van der Waals surface area (Å²) in [7, 11) is 0. The van der Waals surface area contributed by atoms with Gasteiger partial charge in [0.05, 0.1) is 41.9 Å². The Labute approximate surface area is 241 Å². The normalized spacial score (nSPS) is 15.3. The second-order valence-corrected chi connectivity index (χ2v) is 10.6. The summed E-state index contributed by atoms with van der Waals surface area (Å²) < 4.78 is 8.00. The number of benzene rings is 4. The lowest BCUT2D eigenvalue weighted by Crippen LogP contribution is -2.42. The van der Waals surface area contributed by atoms with E-state index in [1.807, 2.05) is 22.9 Å². The molecule has 0 spiro atoms. The number of fused-ring (bicyclic) bond motifs is 4. The van der Waals surface area contributed by atoms with Crippen molar-refractivity contribution in [2.45, 2.75) is 39.3 Å². The van der Waals surface area contributed by atoms with Gasteiger partial charge in [-0.2, -0.15) is 10.1 Å². The molecule has 6 nitrogen and oxygen atoms in total. The van der Waals surface area contributed by atoms with Crippen LogP contribution in [0.4, 0.5) is 17.2 Å². The molecule has 1 atom stereocenters. The maximum Gasteiger partial charge on any atom is 0.213 e. The minimum absolute atomic E-state index is 0.0958. The van der Waals surface area contributed by atoms with Crippen LogP contribution in [0, 0.1) is 6.92 Å². The number of ether oxygens (including phenoxy) is 1. The number of aromatic nitrogens is 2. The van der Waals surface area contributed by atoms with Crippen molar-refractivity contribution in [2.75, 3.05) is 16.4 Å². The van der Waals surface area contributed by atoms with Gasteiger partial charge >= 0.3 is 0 Å². The molecular weight excluding hydrogens is 506 g/mol. The first-order valence-electron chi connectivity index (χ1n) is 14.4. The van der Waals surface area contributed by atoms with Gasteiger partial charge in [0.15, 0.2) is 5.82 Å². The Hall–Kier alpha value is -4.84. The molecule has 0 fully saturated rings. The van der Waals surface area contributed by atoms with Crippen molar-refractivity contribution in [3.05, 3.63) is 132 Å². The first kappa shape index (κ1) is 25.1. The van der Waals surface area contributed by atoms with Gasteiger partial charge in [0.2, 0.25) is 5.96 Å². The van der Waals surface area contributed by atoms with Crippen LogP contribution in [0.25, 0.3) is 5.69 Å². The Balaban J connectivity index is 1.40. The quantitative estimate of drug-likeness (QED) is 0.188. The second-order valence-electron chi connectivity index (χ2n) is 10.6. The number of hydrogen-bond donors (Lipinski definition) is 0. The Morgan fingerprint density at radius 1 is 0.780 bits per heavy atom. The van der Waals surface area contributed by atoms with Crippen LogP contribution < -0.4 is 14.5 Å². The summed E-state index contributed by atoms with van der Waals surface area (Å²) in [6.07, 6.45) is 2.16. The standard InChI is InChI=1S/C35H33N5O/c1-3-4-23-41-29-21-19-27(20-22-29)33-32-25(2)37-40(28-15-9-6-10-16-28)34(32)36-35-38(24-26-13-7-5-8-14-26)30-17-11-12-18-31(30)39(33)35/h5-22,33H,3-4,23-24H2,1-2H3/t33-/m1/s1. The van der Waals surface area contributed by atoms with Gasteiger partial charge in [0.25, 0.3) is 0 Å². The van der Waals surface area contributed by atoms with E-state index in [1.54, 1.807) is 0 Å². The average molecular weight is 540 g/mol. The van der Waals surface area contributed by atoms with E-state index in [0.717, 1.165) is 71.8 Å². The number of para-hydroxylation sites is 3. The largest absolute Gasteiger partial charge is 0.494 e. The molecule has 0 saturated heterocycles. The van der Waals surface area contributed by atoms with Crippen LogP contribution in [0.3, 0.4) is 0 Å².